The van der Waals surface area contributed by atoms with E-state index in [0.29, 0.717) is 37.1 Å². The molecule has 1 saturated heterocycles. The molecule has 0 bridgehead atoms. The van der Waals surface area contributed by atoms with Gasteiger partial charge in [-0.15, -0.1) is 0 Å². The molecule has 2 aromatic heterocycles. The summed E-state index contributed by atoms with van der Waals surface area (Å²) in [6.07, 6.45) is 6.06. The van der Waals surface area contributed by atoms with Crippen LogP contribution in [-0.2, 0) is 23.1 Å². The van der Waals surface area contributed by atoms with Gasteiger partial charge < -0.3 is 9.26 Å². The van der Waals surface area contributed by atoms with Gasteiger partial charge in [-0.3, -0.25) is 4.98 Å². The molecule has 1 fully saturated rings. The fourth-order valence-electron chi connectivity index (χ4n) is 4.03. The molecular weight excluding hydrogens is 414 g/mol. The largest absolute Gasteiger partial charge is 0.489 e. The van der Waals surface area contributed by atoms with E-state index in [2.05, 4.69) is 34.4 Å². The molecule has 0 N–H and O–H groups in total. The van der Waals surface area contributed by atoms with E-state index in [1.165, 1.54) is 5.56 Å². The molecule has 7 nitrogen and oxygen atoms in total. The fourth-order valence-corrected chi connectivity index (χ4v) is 5.79. The summed E-state index contributed by atoms with van der Waals surface area (Å²) in [6, 6.07) is 12.1. The average molecular weight is 442 g/mol. The summed E-state index contributed by atoms with van der Waals surface area (Å²) >= 11 is 0. The van der Waals surface area contributed by atoms with Gasteiger partial charge >= 0.3 is 0 Å². The second-order valence-electron chi connectivity index (χ2n) is 7.99. The number of rotatable bonds is 7. The first-order chi connectivity index (χ1) is 14.9. The van der Waals surface area contributed by atoms with Gasteiger partial charge in [0.05, 0.1) is 0 Å². The number of ether oxygens (including phenoxy) is 1. The molecule has 1 aliphatic rings. The maximum absolute atomic E-state index is 13.0. The highest BCUT2D eigenvalue weighted by atomic mass is 32.2. The lowest BCUT2D eigenvalue weighted by Gasteiger charge is -2.31. The Bertz CT molecular complexity index is 1080. The van der Waals surface area contributed by atoms with Crippen molar-refractivity contribution < 1.29 is 17.7 Å². The van der Waals surface area contributed by atoms with Crippen LogP contribution in [-0.4, -0.2) is 36.0 Å². The van der Waals surface area contributed by atoms with Crippen LogP contribution in [0.3, 0.4) is 0 Å². The van der Waals surface area contributed by atoms with Crippen LogP contribution in [0.4, 0.5) is 0 Å². The van der Waals surface area contributed by atoms with Crippen LogP contribution in [0.1, 0.15) is 35.4 Å². The lowest BCUT2D eigenvalue weighted by atomic mass is 9.91. The van der Waals surface area contributed by atoms with E-state index < -0.39 is 10.0 Å². The molecule has 8 heteroatoms. The average Bonchev–Trinajstić information content (AvgIpc) is 3.13. The standard InChI is InChI=1S/C23H27N3O4S/c1-17-23(18(2)30-25-17)31(27,28)26-13-9-20(10-14-26)15-19-3-5-21(6-4-19)16-29-22-7-11-24-12-8-22/h3-8,11-12,20H,9-10,13-16H2,1-2H3. The third-order valence-electron chi connectivity index (χ3n) is 5.74. The van der Waals surface area contributed by atoms with Crippen molar-refractivity contribution >= 4 is 10.0 Å². The van der Waals surface area contributed by atoms with Crippen LogP contribution < -0.4 is 4.74 Å². The first kappa shape index (κ1) is 21.5. The van der Waals surface area contributed by atoms with E-state index in [-0.39, 0.29) is 4.90 Å². The van der Waals surface area contributed by atoms with E-state index in [0.717, 1.165) is 30.6 Å². The van der Waals surface area contributed by atoms with Gasteiger partial charge in [0, 0.05) is 25.5 Å². The minimum Gasteiger partial charge on any atom is -0.489 e. The van der Waals surface area contributed by atoms with Crippen molar-refractivity contribution in [1.82, 2.24) is 14.4 Å². The van der Waals surface area contributed by atoms with Crippen LogP contribution in [0.5, 0.6) is 5.75 Å². The van der Waals surface area contributed by atoms with Gasteiger partial charge in [0.25, 0.3) is 0 Å². The highest BCUT2D eigenvalue weighted by Gasteiger charge is 2.33. The Morgan fingerprint density at radius 2 is 1.68 bits per heavy atom. The lowest BCUT2D eigenvalue weighted by molar-refractivity contribution is 0.272. The second-order valence-corrected chi connectivity index (χ2v) is 9.87. The number of hydrogen-bond acceptors (Lipinski definition) is 6. The van der Waals surface area contributed by atoms with Crippen LogP contribution in [0.15, 0.2) is 58.2 Å². The number of pyridine rings is 1. The summed E-state index contributed by atoms with van der Waals surface area (Å²) in [7, 11) is -3.55. The molecule has 0 aliphatic carbocycles. The number of sulfonamides is 1. The summed E-state index contributed by atoms with van der Waals surface area (Å²) < 4.78 is 38.3. The van der Waals surface area contributed by atoms with Gasteiger partial charge in [0.2, 0.25) is 10.0 Å². The Hall–Kier alpha value is -2.71. The zero-order valence-electron chi connectivity index (χ0n) is 17.8. The maximum Gasteiger partial charge on any atom is 0.248 e. The normalized spacial score (nSPS) is 15.8. The Labute approximate surface area is 183 Å². The summed E-state index contributed by atoms with van der Waals surface area (Å²) in [5.74, 6) is 1.63. The smallest absolute Gasteiger partial charge is 0.248 e. The zero-order chi connectivity index (χ0) is 21.8. The number of nitrogens with zero attached hydrogens (tertiary/aromatic N) is 3. The lowest BCUT2D eigenvalue weighted by Crippen LogP contribution is -2.39. The molecule has 31 heavy (non-hydrogen) atoms. The monoisotopic (exact) mass is 441 g/mol. The fraction of sp³-hybridized carbons (Fsp3) is 0.391. The van der Waals surface area contributed by atoms with Crippen molar-refractivity contribution in [2.24, 2.45) is 5.92 Å². The molecule has 0 unspecified atom stereocenters. The van der Waals surface area contributed by atoms with Crippen molar-refractivity contribution in [3.63, 3.8) is 0 Å². The van der Waals surface area contributed by atoms with Gasteiger partial charge in [-0.2, -0.15) is 4.31 Å². The molecule has 1 aromatic carbocycles. The molecule has 1 aliphatic heterocycles. The third-order valence-corrected chi connectivity index (χ3v) is 7.89. The van der Waals surface area contributed by atoms with Crippen molar-refractivity contribution in [3.8, 4) is 5.75 Å². The molecule has 4 rings (SSSR count). The molecule has 0 atom stereocenters. The van der Waals surface area contributed by atoms with Gasteiger partial charge in [-0.25, -0.2) is 8.42 Å². The first-order valence-corrected chi connectivity index (χ1v) is 11.9. The quantitative estimate of drug-likeness (QED) is 0.553. The molecular formula is C23H27N3O4S. The van der Waals surface area contributed by atoms with Gasteiger partial charge in [-0.1, -0.05) is 29.4 Å². The topological polar surface area (TPSA) is 85.5 Å². The summed E-state index contributed by atoms with van der Waals surface area (Å²) in [5, 5.41) is 3.79. The second kappa shape index (κ2) is 9.20. The molecule has 164 valence electrons. The number of aromatic nitrogens is 2. The minimum absolute atomic E-state index is 0.218. The summed E-state index contributed by atoms with van der Waals surface area (Å²) in [6.45, 7) is 4.87. The van der Waals surface area contributed by atoms with E-state index >= 15 is 0 Å². The summed E-state index contributed by atoms with van der Waals surface area (Å²) in [5.41, 5.74) is 2.80. The number of aryl methyl sites for hydroxylation is 2. The van der Waals surface area contributed by atoms with Crippen LogP contribution in [0.2, 0.25) is 0 Å². The third kappa shape index (κ3) is 4.97. The Balaban J connectivity index is 1.30. The molecule has 3 aromatic rings. The molecule has 0 amide bonds. The Morgan fingerprint density at radius 1 is 1.03 bits per heavy atom. The number of hydrogen-bond donors (Lipinski definition) is 0. The summed E-state index contributed by atoms with van der Waals surface area (Å²) in [4.78, 5) is 4.20. The SMILES string of the molecule is Cc1noc(C)c1S(=O)(=O)N1CCC(Cc2ccc(COc3ccncc3)cc2)CC1. The van der Waals surface area contributed by atoms with Crippen molar-refractivity contribution in [3.05, 3.63) is 71.4 Å². The highest BCUT2D eigenvalue weighted by Crippen LogP contribution is 2.29. The van der Waals surface area contributed by atoms with Gasteiger partial charge in [-0.05, 0) is 62.3 Å². The van der Waals surface area contributed by atoms with E-state index in [1.807, 2.05) is 12.1 Å². The van der Waals surface area contributed by atoms with E-state index in [4.69, 9.17) is 9.26 Å². The molecule has 0 spiro atoms. The molecule has 0 saturated carbocycles. The van der Waals surface area contributed by atoms with Crippen molar-refractivity contribution in [1.29, 1.82) is 0 Å². The Morgan fingerprint density at radius 3 is 2.29 bits per heavy atom. The zero-order valence-corrected chi connectivity index (χ0v) is 18.6. The highest BCUT2D eigenvalue weighted by molar-refractivity contribution is 7.89. The van der Waals surface area contributed by atoms with Crippen LogP contribution in [0, 0.1) is 19.8 Å². The Kier molecular flexibility index (Phi) is 6.38. The van der Waals surface area contributed by atoms with E-state index in [1.54, 1.807) is 30.5 Å². The van der Waals surface area contributed by atoms with Gasteiger partial charge in [0.1, 0.15) is 22.9 Å². The number of benzene rings is 1. The molecule has 0 radical (unpaired) electrons. The van der Waals surface area contributed by atoms with Crippen LogP contribution in [0.25, 0.3) is 0 Å². The molecule has 3 heterocycles. The predicted octanol–water partition coefficient (Wildman–Crippen LogP) is 3.91. The van der Waals surface area contributed by atoms with E-state index in [9.17, 15) is 8.42 Å². The van der Waals surface area contributed by atoms with Crippen molar-refractivity contribution in [2.45, 2.75) is 44.6 Å². The van der Waals surface area contributed by atoms with Crippen LogP contribution >= 0.6 is 0 Å². The maximum atomic E-state index is 13.0. The van der Waals surface area contributed by atoms with Crippen molar-refractivity contribution in [2.75, 3.05) is 13.1 Å². The minimum atomic E-state index is -3.55. The predicted molar refractivity (Wildman–Crippen MR) is 116 cm³/mol. The van der Waals surface area contributed by atoms with Gasteiger partial charge in [0.15, 0.2) is 5.76 Å². The first-order valence-electron chi connectivity index (χ1n) is 10.5. The number of piperidine rings is 1.